The number of nitrogens with zero attached hydrogens (tertiary/aromatic N) is 2. The van der Waals surface area contributed by atoms with Crippen molar-refractivity contribution in [2.75, 3.05) is 0 Å². The summed E-state index contributed by atoms with van der Waals surface area (Å²) in [4.78, 5) is 8.95. The average Bonchev–Trinajstić information content (AvgIpc) is 2.78. The van der Waals surface area contributed by atoms with Gasteiger partial charge < -0.3 is 4.74 Å². The van der Waals surface area contributed by atoms with Crippen LogP contribution < -0.4 is 4.74 Å². The van der Waals surface area contributed by atoms with Gasteiger partial charge in [0.05, 0.1) is 12.4 Å². The zero-order chi connectivity index (χ0) is 20.3. The van der Waals surface area contributed by atoms with Crippen molar-refractivity contribution in [1.82, 2.24) is 9.97 Å². The molecule has 0 aliphatic rings. The van der Waals surface area contributed by atoms with Crippen LogP contribution in [0.3, 0.4) is 0 Å². The van der Waals surface area contributed by atoms with Gasteiger partial charge in [0.2, 0.25) is 0 Å². The first-order valence-corrected chi connectivity index (χ1v) is 10.9. The maximum absolute atomic E-state index is 5.86. The molecule has 2 aromatic carbocycles. The molecule has 0 aliphatic carbocycles. The molecule has 3 aromatic rings. The monoisotopic (exact) mass is 388 g/mol. The summed E-state index contributed by atoms with van der Waals surface area (Å²) in [5.41, 5.74) is 4.97. The molecule has 152 valence electrons. The van der Waals surface area contributed by atoms with E-state index in [-0.39, 0.29) is 0 Å². The Morgan fingerprint density at radius 1 is 0.655 bits per heavy atom. The Hall–Kier alpha value is -2.68. The van der Waals surface area contributed by atoms with E-state index in [0.29, 0.717) is 12.4 Å². The van der Waals surface area contributed by atoms with Gasteiger partial charge in [0.25, 0.3) is 0 Å². The van der Waals surface area contributed by atoms with Gasteiger partial charge in [-0.15, -0.1) is 0 Å². The number of benzene rings is 2. The molecule has 0 spiro atoms. The smallest absolute Gasteiger partial charge is 0.159 e. The highest BCUT2D eigenvalue weighted by atomic mass is 16.5. The van der Waals surface area contributed by atoms with E-state index in [0.717, 1.165) is 29.8 Å². The maximum Gasteiger partial charge on any atom is 0.159 e. The molecule has 0 atom stereocenters. The molecule has 1 heterocycles. The van der Waals surface area contributed by atoms with Crippen LogP contribution in [0.1, 0.15) is 62.6 Å². The third-order valence-corrected chi connectivity index (χ3v) is 5.16. The van der Waals surface area contributed by atoms with Gasteiger partial charge in [-0.05, 0) is 42.4 Å². The second kappa shape index (κ2) is 11.4. The van der Waals surface area contributed by atoms with E-state index >= 15 is 0 Å². The average molecular weight is 389 g/mol. The molecule has 3 rings (SSSR count). The molecule has 0 unspecified atom stereocenters. The summed E-state index contributed by atoms with van der Waals surface area (Å²) < 4.78 is 5.86. The Morgan fingerprint density at radius 2 is 1.21 bits per heavy atom. The lowest BCUT2D eigenvalue weighted by Crippen LogP contribution is -1.98. The first-order valence-electron chi connectivity index (χ1n) is 10.9. The van der Waals surface area contributed by atoms with Crippen molar-refractivity contribution in [1.29, 1.82) is 0 Å². The van der Waals surface area contributed by atoms with Crippen LogP contribution in [0.5, 0.6) is 5.75 Å². The predicted octanol–water partition coefficient (Wildman–Crippen LogP) is 6.80. The molecular formula is C26H32N2O. The molecule has 1 aromatic heterocycles. The molecule has 0 aliphatic heterocycles. The van der Waals surface area contributed by atoms with Gasteiger partial charge in [0, 0.05) is 5.56 Å². The molecule has 0 saturated carbocycles. The minimum Gasteiger partial charge on any atom is -0.486 e. The van der Waals surface area contributed by atoms with Crippen LogP contribution in [-0.2, 0) is 19.4 Å². The zero-order valence-electron chi connectivity index (χ0n) is 17.7. The van der Waals surface area contributed by atoms with Gasteiger partial charge in [-0.25, -0.2) is 9.97 Å². The summed E-state index contributed by atoms with van der Waals surface area (Å²) in [6.07, 6.45) is 12.1. The fraction of sp³-hybridized carbons (Fsp3) is 0.385. The van der Waals surface area contributed by atoms with Crippen LogP contribution in [-0.4, -0.2) is 9.97 Å². The second-order valence-electron chi connectivity index (χ2n) is 7.61. The number of unbranched alkanes of at least 4 members (excludes halogenated alkanes) is 3. The first-order chi connectivity index (χ1) is 14.3. The van der Waals surface area contributed by atoms with Crippen LogP contribution in [0, 0.1) is 0 Å². The first kappa shape index (κ1) is 21.0. The molecule has 0 radical (unpaired) electrons. The Balaban J connectivity index is 1.51. The molecule has 3 nitrogen and oxygen atoms in total. The molecule has 0 bridgehead atoms. The molecule has 0 saturated heterocycles. The maximum atomic E-state index is 5.86. The molecular weight excluding hydrogens is 356 g/mol. The molecule has 0 amide bonds. The summed E-state index contributed by atoms with van der Waals surface area (Å²) in [6, 6.07) is 17.3. The minimum atomic E-state index is 0.532. The van der Waals surface area contributed by atoms with Gasteiger partial charge in [-0.3, -0.25) is 0 Å². The van der Waals surface area contributed by atoms with Crippen molar-refractivity contribution in [3.8, 4) is 17.1 Å². The lowest BCUT2D eigenvalue weighted by molar-refractivity contribution is 0.303. The largest absolute Gasteiger partial charge is 0.486 e. The number of rotatable bonds is 11. The van der Waals surface area contributed by atoms with Crippen LogP contribution >= 0.6 is 0 Å². The van der Waals surface area contributed by atoms with Crippen molar-refractivity contribution in [3.05, 3.63) is 77.6 Å². The number of aromatic nitrogens is 2. The van der Waals surface area contributed by atoms with Gasteiger partial charge in [-0.2, -0.15) is 0 Å². The number of hydrogen-bond donors (Lipinski definition) is 0. The molecule has 0 fully saturated rings. The van der Waals surface area contributed by atoms with E-state index in [9.17, 15) is 0 Å². The Morgan fingerprint density at radius 3 is 1.83 bits per heavy atom. The quantitative estimate of drug-likeness (QED) is 0.339. The Bertz CT molecular complexity index is 839. The topological polar surface area (TPSA) is 35.0 Å². The number of ether oxygens (including phenoxy) is 1. The van der Waals surface area contributed by atoms with E-state index in [1.807, 2.05) is 0 Å². The van der Waals surface area contributed by atoms with E-state index < -0.39 is 0 Å². The van der Waals surface area contributed by atoms with Crippen LogP contribution in [0.25, 0.3) is 11.4 Å². The fourth-order valence-corrected chi connectivity index (χ4v) is 3.29. The van der Waals surface area contributed by atoms with Crippen LogP contribution in [0.4, 0.5) is 0 Å². The molecule has 29 heavy (non-hydrogen) atoms. The molecule has 3 heteroatoms. The zero-order valence-corrected chi connectivity index (χ0v) is 17.7. The number of hydrogen-bond acceptors (Lipinski definition) is 3. The van der Waals surface area contributed by atoms with Crippen molar-refractivity contribution in [2.45, 2.75) is 65.4 Å². The van der Waals surface area contributed by atoms with Crippen molar-refractivity contribution >= 4 is 0 Å². The highest BCUT2D eigenvalue weighted by molar-refractivity contribution is 5.55. The van der Waals surface area contributed by atoms with Crippen LogP contribution in [0.15, 0.2) is 60.9 Å². The summed E-state index contributed by atoms with van der Waals surface area (Å²) in [5.74, 6) is 1.43. The summed E-state index contributed by atoms with van der Waals surface area (Å²) >= 11 is 0. The standard InChI is InChI=1S/C26H32N2O/c1-3-5-7-9-22-10-12-23(13-11-22)20-29-25-18-27-26(28-19-25)24-16-14-21(15-17-24)8-6-4-2/h10-19H,3-9,20H2,1-2H3. The minimum absolute atomic E-state index is 0.532. The van der Waals surface area contributed by atoms with Gasteiger partial charge in [-0.1, -0.05) is 81.6 Å². The van der Waals surface area contributed by atoms with Crippen molar-refractivity contribution in [2.24, 2.45) is 0 Å². The normalized spacial score (nSPS) is 10.8. The summed E-state index contributed by atoms with van der Waals surface area (Å²) in [5, 5.41) is 0. The van der Waals surface area contributed by atoms with E-state index in [4.69, 9.17) is 4.74 Å². The third-order valence-electron chi connectivity index (χ3n) is 5.16. The summed E-state index contributed by atoms with van der Waals surface area (Å²) in [7, 11) is 0. The van der Waals surface area contributed by atoms with Gasteiger partial charge in [0.1, 0.15) is 6.61 Å². The lowest BCUT2D eigenvalue weighted by atomic mass is 10.1. The van der Waals surface area contributed by atoms with E-state index in [2.05, 4.69) is 72.3 Å². The highest BCUT2D eigenvalue weighted by Crippen LogP contribution is 2.19. The van der Waals surface area contributed by atoms with Crippen LogP contribution in [0.2, 0.25) is 0 Å². The Labute approximate surface area is 175 Å². The van der Waals surface area contributed by atoms with Crippen molar-refractivity contribution in [3.63, 3.8) is 0 Å². The SMILES string of the molecule is CCCCCc1ccc(COc2cnc(-c3ccc(CCCC)cc3)nc2)cc1. The highest BCUT2D eigenvalue weighted by Gasteiger charge is 2.03. The summed E-state index contributed by atoms with van der Waals surface area (Å²) in [6.45, 7) is 4.99. The van der Waals surface area contributed by atoms with Gasteiger partial charge in [0.15, 0.2) is 11.6 Å². The Kier molecular flexibility index (Phi) is 8.24. The number of aryl methyl sites for hydroxylation is 2. The third kappa shape index (κ3) is 6.70. The lowest BCUT2D eigenvalue weighted by Gasteiger charge is -2.08. The fourth-order valence-electron chi connectivity index (χ4n) is 3.29. The second-order valence-corrected chi connectivity index (χ2v) is 7.61. The van der Waals surface area contributed by atoms with Crippen molar-refractivity contribution < 1.29 is 4.74 Å². The van der Waals surface area contributed by atoms with Gasteiger partial charge >= 0.3 is 0 Å². The molecule has 0 N–H and O–H groups in total. The van der Waals surface area contributed by atoms with E-state index in [1.54, 1.807) is 12.4 Å². The van der Waals surface area contributed by atoms with E-state index in [1.165, 1.54) is 43.2 Å². The predicted molar refractivity (Wildman–Crippen MR) is 120 cm³/mol.